The van der Waals surface area contributed by atoms with E-state index in [2.05, 4.69) is 46.2 Å². The number of carbonyl (C=O) groups excluding carboxylic acids is 1. The molecular weight excluding hydrogens is 402 g/mol. The van der Waals surface area contributed by atoms with E-state index in [1.165, 1.54) is 11.5 Å². The molecule has 0 unspecified atom stereocenters. The summed E-state index contributed by atoms with van der Waals surface area (Å²) in [7, 11) is 0. The van der Waals surface area contributed by atoms with Gasteiger partial charge in [-0.15, -0.1) is 0 Å². The quantitative estimate of drug-likeness (QED) is 0.583. The lowest BCUT2D eigenvalue weighted by Crippen LogP contribution is -2.31. The van der Waals surface area contributed by atoms with Crippen molar-refractivity contribution in [2.75, 3.05) is 25.0 Å². The van der Waals surface area contributed by atoms with Crippen LogP contribution in [0, 0.1) is 17.2 Å². The standard InChI is InChI=1S/C25H26N5O2/c1-17(2)15-30-8-6-20(7-9-30)23-14-28-24-22(23)11-21(13-27-24)29-25(31)32-16-19-5-3-4-18(10-19)12-26/h3-6,10-11,13-14H,7-9,15-16H2,1-2H3,(H,27,28)(H,29,31). The van der Waals surface area contributed by atoms with Crippen molar-refractivity contribution in [3.8, 4) is 6.07 Å². The number of ether oxygens (including phenoxy) is 1. The molecule has 4 rings (SSSR count). The zero-order valence-electron chi connectivity index (χ0n) is 18.3. The Bertz CT molecular complexity index is 1190. The Kier molecular flexibility index (Phi) is 6.52. The number of nitriles is 1. The average molecular weight is 429 g/mol. The number of aromatic amines is 1. The molecule has 0 saturated carbocycles. The molecule has 3 heterocycles. The van der Waals surface area contributed by atoms with Crippen LogP contribution in [0.3, 0.4) is 0 Å². The first-order valence-corrected chi connectivity index (χ1v) is 10.6. The predicted molar refractivity (Wildman–Crippen MR) is 125 cm³/mol. The number of benzene rings is 1. The zero-order chi connectivity index (χ0) is 22.5. The van der Waals surface area contributed by atoms with Crippen LogP contribution in [0.25, 0.3) is 16.6 Å². The van der Waals surface area contributed by atoms with E-state index in [-0.39, 0.29) is 6.61 Å². The number of H-pyrrole nitrogens is 1. The number of nitrogens with one attached hydrogen (secondary N) is 2. The van der Waals surface area contributed by atoms with Gasteiger partial charge in [-0.3, -0.25) is 10.2 Å². The molecule has 0 atom stereocenters. The van der Waals surface area contributed by atoms with Gasteiger partial charge in [-0.2, -0.15) is 5.26 Å². The summed E-state index contributed by atoms with van der Waals surface area (Å²) in [4.78, 5) is 22.4. The number of nitrogens with zero attached hydrogens (tertiary/aromatic N) is 3. The van der Waals surface area contributed by atoms with E-state index in [4.69, 9.17) is 10.00 Å². The molecule has 32 heavy (non-hydrogen) atoms. The van der Waals surface area contributed by atoms with Crippen LogP contribution in [0.4, 0.5) is 10.5 Å². The molecule has 7 nitrogen and oxygen atoms in total. The SMILES string of the molecule is C[C](C)CN1CC=C(c2c[nH]c3ncc(NC(=O)OCc4cccc(C#N)c4)cc23)CC1. The first-order valence-electron chi connectivity index (χ1n) is 10.6. The third kappa shape index (κ3) is 5.16. The second-order valence-electron chi connectivity index (χ2n) is 8.26. The van der Waals surface area contributed by atoms with Crippen molar-refractivity contribution in [1.82, 2.24) is 14.9 Å². The molecule has 1 aliphatic rings. The van der Waals surface area contributed by atoms with Crippen molar-refractivity contribution in [1.29, 1.82) is 5.26 Å². The van der Waals surface area contributed by atoms with E-state index in [1.807, 2.05) is 18.3 Å². The summed E-state index contributed by atoms with van der Waals surface area (Å²) >= 11 is 0. The Morgan fingerprint density at radius 1 is 1.34 bits per heavy atom. The molecule has 3 aromatic rings. The van der Waals surface area contributed by atoms with Gasteiger partial charge in [0.15, 0.2) is 0 Å². The van der Waals surface area contributed by atoms with Gasteiger partial charge in [-0.1, -0.05) is 32.1 Å². The first kappa shape index (κ1) is 21.6. The van der Waals surface area contributed by atoms with Crippen molar-refractivity contribution >= 4 is 28.4 Å². The fourth-order valence-electron chi connectivity index (χ4n) is 3.92. The van der Waals surface area contributed by atoms with Gasteiger partial charge in [-0.25, -0.2) is 9.78 Å². The van der Waals surface area contributed by atoms with Crippen LogP contribution in [-0.2, 0) is 11.3 Å². The lowest BCUT2D eigenvalue weighted by molar-refractivity contribution is 0.155. The third-order valence-electron chi connectivity index (χ3n) is 5.38. The highest BCUT2D eigenvalue weighted by atomic mass is 16.5. The first-order chi connectivity index (χ1) is 15.5. The van der Waals surface area contributed by atoms with E-state index in [0.717, 1.165) is 48.2 Å². The lowest BCUT2D eigenvalue weighted by atomic mass is 9.99. The number of pyridine rings is 1. The highest BCUT2D eigenvalue weighted by Crippen LogP contribution is 2.30. The molecule has 0 saturated heterocycles. The number of fused-ring (bicyclic) bond motifs is 1. The number of anilines is 1. The molecule has 1 amide bonds. The van der Waals surface area contributed by atoms with Crippen LogP contribution < -0.4 is 5.32 Å². The number of aromatic nitrogens is 2. The molecule has 2 aromatic heterocycles. The Labute approximate surface area is 187 Å². The summed E-state index contributed by atoms with van der Waals surface area (Å²) in [5.74, 6) is 1.42. The average Bonchev–Trinajstić information content (AvgIpc) is 3.21. The Balaban J connectivity index is 1.43. The Morgan fingerprint density at radius 2 is 2.22 bits per heavy atom. The van der Waals surface area contributed by atoms with Crippen molar-refractivity contribution in [2.24, 2.45) is 0 Å². The van der Waals surface area contributed by atoms with Gasteiger partial charge in [0, 0.05) is 36.8 Å². The summed E-state index contributed by atoms with van der Waals surface area (Å²) in [5.41, 5.74) is 5.06. The third-order valence-corrected chi connectivity index (χ3v) is 5.38. The van der Waals surface area contributed by atoms with Crippen LogP contribution in [0.1, 0.15) is 37.0 Å². The second-order valence-corrected chi connectivity index (χ2v) is 8.26. The number of rotatable bonds is 6. The van der Waals surface area contributed by atoms with Crippen LogP contribution in [0.2, 0.25) is 0 Å². The largest absolute Gasteiger partial charge is 0.444 e. The van der Waals surface area contributed by atoms with Crippen LogP contribution in [-0.4, -0.2) is 40.6 Å². The number of carbonyl (C=O) groups is 1. The topological polar surface area (TPSA) is 94.0 Å². The minimum atomic E-state index is -0.565. The molecule has 7 heteroatoms. The Hall–Kier alpha value is -3.63. The van der Waals surface area contributed by atoms with Gasteiger partial charge >= 0.3 is 6.09 Å². The summed E-state index contributed by atoms with van der Waals surface area (Å²) in [5, 5.41) is 12.7. The van der Waals surface area contributed by atoms with E-state index in [0.29, 0.717) is 11.3 Å². The fraction of sp³-hybridized carbons (Fsp3) is 0.280. The van der Waals surface area contributed by atoms with Crippen LogP contribution in [0.15, 0.2) is 48.8 Å². The molecule has 0 fully saturated rings. The van der Waals surface area contributed by atoms with Crippen LogP contribution in [0.5, 0.6) is 0 Å². The smallest absolute Gasteiger partial charge is 0.412 e. The summed E-state index contributed by atoms with van der Waals surface area (Å²) in [6, 6.07) is 11.0. The highest BCUT2D eigenvalue weighted by Gasteiger charge is 2.17. The highest BCUT2D eigenvalue weighted by molar-refractivity contribution is 5.94. The van der Waals surface area contributed by atoms with E-state index >= 15 is 0 Å². The fourth-order valence-corrected chi connectivity index (χ4v) is 3.92. The van der Waals surface area contributed by atoms with Crippen molar-refractivity contribution in [2.45, 2.75) is 26.9 Å². The molecule has 0 bridgehead atoms. The van der Waals surface area contributed by atoms with Gasteiger partial charge in [-0.05, 0) is 41.7 Å². The molecular formula is C25H26N5O2. The summed E-state index contributed by atoms with van der Waals surface area (Å²) in [6.45, 7) is 7.38. The molecule has 0 spiro atoms. The maximum absolute atomic E-state index is 12.3. The van der Waals surface area contributed by atoms with E-state index in [1.54, 1.807) is 24.4 Å². The minimum Gasteiger partial charge on any atom is -0.444 e. The van der Waals surface area contributed by atoms with Gasteiger partial charge in [0.25, 0.3) is 0 Å². The van der Waals surface area contributed by atoms with Crippen molar-refractivity contribution in [3.63, 3.8) is 0 Å². The second kappa shape index (κ2) is 9.67. The number of hydrogen-bond acceptors (Lipinski definition) is 5. The predicted octanol–water partition coefficient (Wildman–Crippen LogP) is 4.89. The zero-order valence-corrected chi connectivity index (χ0v) is 18.3. The summed E-state index contributed by atoms with van der Waals surface area (Å²) < 4.78 is 5.30. The van der Waals surface area contributed by atoms with E-state index < -0.39 is 6.09 Å². The molecule has 1 aliphatic heterocycles. The molecule has 2 N–H and O–H groups in total. The minimum absolute atomic E-state index is 0.0878. The monoisotopic (exact) mass is 428 g/mol. The van der Waals surface area contributed by atoms with Gasteiger partial charge in [0.2, 0.25) is 0 Å². The van der Waals surface area contributed by atoms with E-state index in [9.17, 15) is 4.79 Å². The van der Waals surface area contributed by atoms with Crippen molar-refractivity contribution < 1.29 is 9.53 Å². The molecule has 163 valence electrons. The maximum Gasteiger partial charge on any atom is 0.412 e. The molecule has 1 radical (unpaired) electrons. The number of amides is 1. The summed E-state index contributed by atoms with van der Waals surface area (Å²) in [6.07, 6.45) is 6.28. The van der Waals surface area contributed by atoms with Gasteiger partial charge in [0.1, 0.15) is 12.3 Å². The van der Waals surface area contributed by atoms with Gasteiger partial charge in [0.05, 0.1) is 23.5 Å². The maximum atomic E-state index is 12.3. The number of hydrogen-bond donors (Lipinski definition) is 2. The van der Waals surface area contributed by atoms with Gasteiger partial charge < -0.3 is 9.72 Å². The normalized spacial score (nSPS) is 14.2. The molecule has 1 aromatic carbocycles. The van der Waals surface area contributed by atoms with Crippen LogP contribution >= 0.6 is 0 Å². The molecule has 0 aliphatic carbocycles. The lowest BCUT2D eigenvalue weighted by Gasteiger charge is -2.27. The van der Waals surface area contributed by atoms with Crippen molar-refractivity contribution in [3.05, 3.63) is 71.4 Å². The Morgan fingerprint density at radius 3 is 2.97 bits per heavy atom.